The quantitative estimate of drug-likeness (QED) is 0.748. The maximum Gasteiger partial charge on any atom is 0.416 e. The van der Waals surface area contributed by atoms with E-state index in [0.29, 0.717) is 25.0 Å². The molecule has 2 rings (SSSR count). The Bertz CT molecular complexity index is 677. The van der Waals surface area contributed by atoms with Crippen LogP contribution >= 0.6 is 0 Å². The summed E-state index contributed by atoms with van der Waals surface area (Å²) in [6.07, 6.45) is -9.29. The van der Waals surface area contributed by atoms with Crippen molar-refractivity contribution in [3.05, 3.63) is 29.3 Å². The Morgan fingerprint density at radius 2 is 1.44 bits per heavy atom. The average molecular weight is 397 g/mol. The van der Waals surface area contributed by atoms with Crippen molar-refractivity contribution >= 4 is 17.6 Å². The maximum absolute atomic E-state index is 12.9. The van der Waals surface area contributed by atoms with Crippen molar-refractivity contribution in [2.75, 3.05) is 25.5 Å². The van der Waals surface area contributed by atoms with Crippen LogP contribution in [0.4, 0.5) is 36.8 Å². The third-order valence-electron chi connectivity index (χ3n) is 4.24. The second kappa shape index (κ2) is 7.65. The number of benzene rings is 1. The first-order valence-electron chi connectivity index (χ1n) is 7.99. The van der Waals surface area contributed by atoms with Crippen molar-refractivity contribution < 1.29 is 35.9 Å². The maximum atomic E-state index is 12.9. The van der Waals surface area contributed by atoms with Gasteiger partial charge in [-0.15, -0.1) is 0 Å². The molecule has 1 heterocycles. The van der Waals surface area contributed by atoms with Gasteiger partial charge in [-0.05, 0) is 31.0 Å². The number of rotatable bonds is 2. The molecule has 1 aromatic carbocycles. The average Bonchev–Trinajstić information content (AvgIpc) is 2.59. The highest BCUT2D eigenvalue weighted by atomic mass is 19.4. The fourth-order valence-corrected chi connectivity index (χ4v) is 2.78. The molecule has 0 radical (unpaired) electrons. The van der Waals surface area contributed by atoms with Gasteiger partial charge in [0.05, 0.1) is 11.1 Å². The molecule has 0 aromatic heterocycles. The molecule has 11 heteroatoms. The van der Waals surface area contributed by atoms with Crippen LogP contribution in [0.2, 0.25) is 0 Å². The molecule has 1 saturated heterocycles. The number of piperidine rings is 1. The largest absolute Gasteiger partial charge is 0.416 e. The second-order valence-corrected chi connectivity index (χ2v) is 6.10. The van der Waals surface area contributed by atoms with Gasteiger partial charge >= 0.3 is 18.4 Å². The lowest BCUT2D eigenvalue weighted by molar-refractivity contribution is -0.143. The summed E-state index contributed by atoms with van der Waals surface area (Å²) in [7, 11) is 1.48. The van der Waals surface area contributed by atoms with Crippen LogP contribution < -0.4 is 10.6 Å². The number of carbonyl (C=O) groups is 2. The van der Waals surface area contributed by atoms with E-state index in [4.69, 9.17) is 0 Å². The van der Waals surface area contributed by atoms with E-state index < -0.39 is 35.2 Å². The van der Waals surface area contributed by atoms with Crippen LogP contribution in [0.3, 0.4) is 0 Å². The van der Waals surface area contributed by atoms with Gasteiger partial charge in [-0.2, -0.15) is 26.3 Å². The molecule has 27 heavy (non-hydrogen) atoms. The van der Waals surface area contributed by atoms with Crippen LogP contribution in [0, 0.1) is 5.92 Å². The lowest BCUT2D eigenvalue weighted by atomic mass is 9.96. The summed E-state index contributed by atoms with van der Waals surface area (Å²) >= 11 is 0. The topological polar surface area (TPSA) is 61.4 Å². The van der Waals surface area contributed by atoms with E-state index in [1.54, 1.807) is 0 Å². The molecule has 1 fully saturated rings. The van der Waals surface area contributed by atoms with Gasteiger partial charge in [0.2, 0.25) is 5.91 Å². The van der Waals surface area contributed by atoms with Crippen LogP contribution in [0.1, 0.15) is 24.0 Å². The van der Waals surface area contributed by atoms with Crippen LogP contribution in [0.5, 0.6) is 0 Å². The molecule has 150 valence electrons. The normalized spacial score (nSPS) is 16.2. The number of halogens is 6. The van der Waals surface area contributed by atoms with Gasteiger partial charge in [0.25, 0.3) is 0 Å². The molecule has 1 aliphatic heterocycles. The highest BCUT2D eigenvalue weighted by Crippen LogP contribution is 2.37. The van der Waals surface area contributed by atoms with E-state index in [9.17, 15) is 35.9 Å². The smallest absolute Gasteiger partial charge is 0.359 e. The molecule has 1 aromatic rings. The molecule has 2 N–H and O–H groups in total. The van der Waals surface area contributed by atoms with Gasteiger partial charge in [-0.1, -0.05) is 0 Å². The molecule has 0 unspecified atom stereocenters. The fraction of sp³-hybridized carbons (Fsp3) is 0.500. The van der Waals surface area contributed by atoms with Crippen LogP contribution in [-0.2, 0) is 17.1 Å². The SMILES string of the molecule is CNC(=O)C1CCN(C(=O)Nc2cc(C(F)(F)F)cc(C(F)(F)F)c2)CC1. The summed E-state index contributed by atoms with van der Waals surface area (Å²) in [5.41, 5.74) is -3.62. The molecule has 0 spiro atoms. The number of alkyl halides is 6. The molecule has 0 aliphatic carbocycles. The molecular weight excluding hydrogens is 380 g/mol. The lowest BCUT2D eigenvalue weighted by Crippen LogP contribution is -2.44. The van der Waals surface area contributed by atoms with Gasteiger partial charge in [-0.25, -0.2) is 4.79 Å². The molecule has 5 nitrogen and oxygen atoms in total. The lowest BCUT2D eigenvalue weighted by Gasteiger charge is -2.31. The first kappa shape index (κ1) is 20.8. The minimum absolute atomic E-state index is 0.00942. The Kier molecular flexibility index (Phi) is 5.91. The Morgan fingerprint density at radius 1 is 0.963 bits per heavy atom. The number of likely N-dealkylation sites (tertiary alicyclic amines) is 1. The summed E-state index contributed by atoms with van der Waals surface area (Å²) in [5.74, 6) is -0.466. The zero-order valence-electron chi connectivity index (χ0n) is 14.2. The van der Waals surface area contributed by atoms with E-state index in [1.165, 1.54) is 11.9 Å². The Hall–Kier alpha value is -2.46. The van der Waals surface area contributed by atoms with E-state index in [2.05, 4.69) is 10.6 Å². The van der Waals surface area contributed by atoms with Gasteiger partial charge in [0, 0.05) is 31.7 Å². The number of nitrogens with one attached hydrogen (secondary N) is 2. The van der Waals surface area contributed by atoms with Crippen molar-refractivity contribution in [3.8, 4) is 0 Å². The van der Waals surface area contributed by atoms with Gasteiger partial charge in [-0.3, -0.25) is 4.79 Å². The zero-order valence-corrected chi connectivity index (χ0v) is 14.2. The number of hydrogen-bond acceptors (Lipinski definition) is 2. The van der Waals surface area contributed by atoms with Crippen molar-refractivity contribution in [3.63, 3.8) is 0 Å². The number of carbonyl (C=O) groups excluding carboxylic acids is 2. The predicted molar refractivity (Wildman–Crippen MR) is 83.8 cm³/mol. The molecule has 0 atom stereocenters. The standard InChI is InChI=1S/C16H17F6N3O2/c1-23-13(26)9-2-4-25(5-3-9)14(27)24-12-7-10(15(17,18)19)6-11(8-12)16(20,21)22/h6-9H,2-5H2,1H3,(H,23,26)(H,24,27). The van der Waals surface area contributed by atoms with Gasteiger partial charge in [0.15, 0.2) is 0 Å². The number of urea groups is 1. The van der Waals surface area contributed by atoms with Crippen LogP contribution in [0.25, 0.3) is 0 Å². The highest BCUT2D eigenvalue weighted by Gasteiger charge is 2.37. The second-order valence-electron chi connectivity index (χ2n) is 6.10. The molecular formula is C16H17F6N3O2. The number of nitrogens with zero attached hydrogens (tertiary/aromatic N) is 1. The number of anilines is 1. The van der Waals surface area contributed by atoms with Crippen molar-refractivity contribution in [2.24, 2.45) is 5.92 Å². The van der Waals surface area contributed by atoms with Gasteiger partial charge < -0.3 is 15.5 Å². The summed E-state index contributed by atoms with van der Waals surface area (Å²) < 4.78 is 77.1. The van der Waals surface area contributed by atoms with Crippen molar-refractivity contribution in [2.45, 2.75) is 25.2 Å². The first-order valence-corrected chi connectivity index (χ1v) is 7.99. The predicted octanol–water partition coefficient (Wildman–Crippen LogP) is 3.71. The van der Waals surface area contributed by atoms with Crippen LogP contribution in [-0.4, -0.2) is 37.0 Å². The van der Waals surface area contributed by atoms with Crippen molar-refractivity contribution in [1.29, 1.82) is 0 Å². The zero-order chi connectivity index (χ0) is 20.4. The molecule has 3 amide bonds. The monoisotopic (exact) mass is 397 g/mol. The summed E-state index contributed by atoms with van der Waals surface area (Å²) in [5, 5.41) is 4.57. The van der Waals surface area contributed by atoms with E-state index in [-0.39, 0.29) is 31.0 Å². The third kappa shape index (κ3) is 5.27. The summed E-state index contributed by atoms with van der Waals surface area (Å²) in [4.78, 5) is 25.0. The number of amides is 3. The van der Waals surface area contributed by atoms with Crippen LogP contribution in [0.15, 0.2) is 18.2 Å². The van der Waals surface area contributed by atoms with Crippen molar-refractivity contribution in [1.82, 2.24) is 10.2 Å². The Balaban J connectivity index is 2.14. The van der Waals surface area contributed by atoms with Gasteiger partial charge in [0.1, 0.15) is 0 Å². The molecule has 0 bridgehead atoms. The molecule has 1 aliphatic rings. The first-order chi connectivity index (χ1) is 12.4. The summed E-state index contributed by atoms with van der Waals surface area (Å²) in [6, 6.07) is 0.0668. The minimum atomic E-state index is -4.99. The Labute approximate surface area is 150 Å². The number of hydrogen-bond donors (Lipinski definition) is 2. The Morgan fingerprint density at radius 3 is 1.85 bits per heavy atom. The summed E-state index contributed by atoms with van der Waals surface area (Å²) in [6.45, 7) is 0.323. The minimum Gasteiger partial charge on any atom is -0.359 e. The van der Waals surface area contributed by atoms with E-state index in [0.717, 1.165) is 0 Å². The van der Waals surface area contributed by atoms with E-state index >= 15 is 0 Å². The highest BCUT2D eigenvalue weighted by molar-refractivity contribution is 5.90. The fourth-order valence-electron chi connectivity index (χ4n) is 2.78. The van der Waals surface area contributed by atoms with E-state index in [1.807, 2.05) is 0 Å². The third-order valence-corrected chi connectivity index (χ3v) is 4.24. The molecule has 0 saturated carbocycles.